The summed E-state index contributed by atoms with van der Waals surface area (Å²) in [5, 5.41) is 16.0. The number of nitriles is 1. The van der Waals surface area contributed by atoms with Gasteiger partial charge in [-0.2, -0.15) is 10.4 Å². The van der Waals surface area contributed by atoms with Gasteiger partial charge in [-0.3, -0.25) is 5.01 Å². The first-order valence-corrected chi connectivity index (χ1v) is 6.57. The standard InChI is InChI=1S/C13H21N3O/c1-17-10-12-6-4-8-16(12)15-13-7-3-2-5-11(13)9-14/h11-12H,2-8,10H2,1H3/t11?,12-/m0/s1. The zero-order valence-corrected chi connectivity index (χ0v) is 10.6. The number of rotatable bonds is 3. The molecule has 0 aromatic carbocycles. The van der Waals surface area contributed by atoms with Gasteiger partial charge in [0, 0.05) is 13.7 Å². The number of nitrogens with zero attached hydrogens (tertiary/aromatic N) is 3. The average molecular weight is 235 g/mol. The summed E-state index contributed by atoms with van der Waals surface area (Å²) in [5.41, 5.74) is 1.10. The lowest BCUT2D eigenvalue weighted by Crippen LogP contribution is -2.31. The molecule has 0 aromatic rings. The van der Waals surface area contributed by atoms with Crippen LogP contribution >= 0.6 is 0 Å². The van der Waals surface area contributed by atoms with E-state index in [9.17, 15) is 0 Å². The van der Waals surface area contributed by atoms with Crippen LogP contribution in [-0.2, 0) is 4.74 Å². The molecule has 2 rings (SSSR count). The Balaban J connectivity index is 2.03. The minimum absolute atomic E-state index is 0.0487. The quantitative estimate of drug-likeness (QED) is 0.753. The van der Waals surface area contributed by atoms with Crippen LogP contribution in [0.3, 0.4) is 0 Å². The minimum Gasteiger partial charge on any atom is -0.382 e. The highest BCUT2D eigenvalue weighted by molar-refractivity contribution is 5.89. The van der Waals surface area contributed by atoms with Gasteiger partial charge in [0.05, 0.1) is 30.3 Å². The largest absolute Gasteiger partial charge is 0.382 e. The van der Waals surface area contributed by atoms with Gasteiger partial charge in [-0.05, 0) is 32.1 Å². The molecule has 0 radical (unpaired) electrons. The Morgan fingerprint density at radius 2 is 2.29 bits per heavy atom. The molecule has 1 saturated carbocycles. The SMILES string of the molecule is COC[C@@H]1CCCN1N=C1CCCCC1C#N. The first-order chi connectivity index (χ1) is 8.35. The predicted octanol–water partition coefficient (Wildman–Crippen LogP) is 2.17. The number of hydrogen-bond acceptors (Lipinski definition) is 4. The average Bonchev–Trinajstić information content (AvgIpc) is 2.78. The molecule has 2 atom stereocenters. The van der Waals surface area contributed by atoms with Gasteiger partial charge in [0.2, 0.25) is 0 Å². The third kappa shape index (κ3) is 2.98. The third-order valence-corrected chi connectivity index (χ3v) is 3.70. The van der Waals surface area contributed by atoms with Crippen LogP contribution in [-0.4, -0.2) is 37.0 Å². The number of hydrazone groups is 1. The molecule has 0 spiro atoms. The van der Waals surface area contributed by atoms with Crippen molar-refractivity contribution in [3.05, 3.63) is 0 Å². The molecule has 4 nitrogen and oxygen atoms in total. The van der Waals surface area contributed by atoms with Gasteiger partial charge >= 0.3 is 0 Å². The van der Waals surface area contributed by atoms with Crippen molar-refractivity contribution in [1.82, 2.24) is 5.01 Å². The molecule has 1 aliphatic heterocycles. The maximum Gasteiger partial charge on any atom is 0.0863 e. The zero-order valence-electron chi connectivity index (χ0n) is 10.6. The van der Waals surface area contributed by atoms with Crippen LogP contribution in [0.15, 0.2) is 5.10 Å². The van der Waals surface area contributed by atoms with E-state index >= 15 is 0 Å². The molecule has 2 aliphatic rings. The van der Waals surface area contributed by atoms with Crippen molar-refractivity contribution in [2.45, 2.75) is 44.6 Å². The molecule has 1 aliphatic carbocycles. The zero-order chi connectivity index (χ0) is 12.1. The molecule has 4 heteroatoms. The highest BCUT2D eigenvalue weighted by Crippen LogP contribution is 2.24. The Labute approximate surface area is 103 Å². The summed E-state index contributed by atoms with van der Waals surface area (Å²) in [4.78, 5) is 0. The molecule has 17 heavy (non-hydrogen) atoms. The fourth-order valence-corrected chi connectivity index (χ4v) is 2.73. The number of hydrogen-bond donors (Lipinski definition) is 0. The second-order valence-corrected chi connectivity index (χ2v) is 4.93. The summed E-state index contributed by atoms with van der Waals surface area (Å²) in [6.07, 6.45) is 6.66. The second kappa shape index (κ2) is 6.02. The predicted molar refractivity (Wildman–Crippen MR) is 66.6 cm³/mol. The van der Waals surface area contributed by atoms with E-state index in [1.54, 1.807) is 7.11 Å². The summed E-state index contributed by atoms with van der Waals surface area (Å²) in [5.74, 6) is 0.0487. The molecular weight excluding hydrogens is 214 g/mol. The second-order valence-electron chi connectivity index (χ2n) is 4.93. The molecular formula is C13H21N3O. The van der Waals surface area contributed by atoms with Gasteiger partial charge in [0.25, 0.3) is 0 Å². The van der Waals surface area contributed by atoms with Crippen LogP contribution in [0.1, 0.15) is 38.5 Å². The van der Waals surface area contributed by atoms with Crippen LogP contribution in [0.2, 0.25) is 0 Å². The van der Waals surface area contributed by atoms with Crippen LogP contribution in [0.25, 0.3) is 0 Å². The van der Waals surface area contributed by atoms with Crippen molar-refractivity contribution in [1.29, 1.82) is 5.26 Å². The monoisotopic (exact) mass is 235 g/mol. The summed E-state index contributed by atoms with van der Waals surface area (Å²) < 4.78 is 5.22. The van der Waals surface area contributed by atoms with Gasteiger partial charge in [0.15, 0.2) is 0 Å². The fourth-order valence-electron chi connectivity index (χ4n) is 2.73. The Bertz CT molecular complexity index is 321. The molecule has 0 amide bonds. The first-order valence-electron chi connectivity index (χ1n) is 6.57. The van der Waals surface area contributed by atoms with Gasteiger partial charge in [-0.25, -0.2) is 0 Å². The molecule has 2 fully saturated rings. The van der Waals surface area contributed by atoms with Crippen molar-refractivity contribution in [2.24, 2.45) is 11.0 Å². The van der Waals surface area contributed by atoms with E-state index in [1.165, 1.54) is 19.3 Å². The smallest absolute Gasteiger partial charge is 0.0863 e. The van der Waals surface area contributed by atoms with Crippen LogP contribution in [0.5, 0.6) is 0 Å². The fraction of sp³-hybridized carbons (Fsp3) is 0.846. The van der Waals surface area contributed by atoms with E-state index in [2.05, 4.69) is 11.1 Å². The molecule has 1 unspecified atom stereocenters. The van der Waals surface area contributed by atoms with Gasteiger partial charge in [-0.15, -0.1) is 0 Å². The summed E-state index contributed by atoms with van der Waals surface area (Å²) in [7, 11) is 1.74. The molecule has 1 saturated heterocycles. The Morgan fingerprint density at radius 3 is 3.06 bits per heavy atom. The normalized spacial score (nSPS) is 31.8. The maximum absolute atomic E-state index is 9.13. The van der Waals surface area contributed by atoms with Gasteiger partial charge in [0.1, 0.15) is 0 Å². The van der Waals surface area contributed by atoms with Crippen molar-refractivity contribution >= 4 is 5.71 Å². The summed E-state index contributed by atoms with van der Waals surface area (Å²) in [6.45, 7) is 1.75. The highest BCUT2D eigenvalue weighted by Gasteiger charge is 2.26. The van der Waals surface area contributed by atoms with Crippen molar-refractivity contribution in [3.63, 3.8) is 0 Å². The molecule has 0 bridgehead atoms. The van der Waals surface area contributed by atoms with Crippen LogP contribution in [0.4, 0.5) is 0 Å². The number of methoxy groups -OCH3 is 1. The third-order valence-electron chi connectivity index (χ3n) is 3.70. The van der Waals surface area contributed by atoms with E-state index in [4.69, 9.17) is 15.1 Å². The lowest BCUT2D eigenvalue weighted by atomic mass is 9.88. The van der Waals surface area contributed by atoms with Crippen LogP contribution in [0, 0.1) is 17.2 Å². The molecule has 1 heterocycles. The summed E-state index contributed by atoms with van der Waals surface area (Å²) >= 11 is 0. The Kier molecular flexibility index (Phi) is 4.38. The highest BCUT2D eigenvalue weighted by atomic mass is 16.5. The topological polar surface area (TPSA) is 48.6 Å². The molecule has 0 N–H and O–H groups in total. The Hall–Kier alpha value is -1.08. The summed E-state index contributed by atoms with van der Waals surface area (Å²) in [6, 6.07) is 2.80. The van der Waals surface area contributed by atoms with Crippen molar-refractivity contribution in [3.8, 4) is 6.07 Å². The number of ether oxygens (including phenoxy) is 1. The van der Waals surface area contributed by atoms with Gasteiger partial charge < -0.3 is 4.74 Å². The molecule has 0 aromatic heterocycles. The van der Waals surface area contributed by atoms with Crippen molar-refractivity contribution in [2.75, 3.05) is 20.3 Å². The van der Waals surface area contributed by atoms with E-state index in [-0.39, 0.29) is 5.92 Å². The van der Waals surface area contributed by atoms with Crippen molar-refractivity contribution < 1.29 is 4.74 Å². The minimum atomic E-state index is 0.0487. The van der Waals surface area contributed by atoms with Crippen LogP contribution < -0.4 is 0 Å². The van der Waals surface area contributed by atoms with E-state index < -0.39 is 0 Å². The van der Waals surface area contributed by atoms with E-state index in [0.29, 0.717) is 6.04 Å². The lowest BCUT2D eigenvalue weighted by Gasteiger charge is -2.25. The van der Waals surface area contributed by atoms with Gasteiger partial charge in [-0.1, -0.05) is 6.42 Å². The molecule has 94 valence electrons. The van der Waals surface area contributed by atoms with E-state index in [0.717, 1.165) is 38.1 Å². The van der Waals surface area contributed by atoms with E-state index in [1.807, 2.05) is 0 Å². The first kappa shape index (κ1) is 12.4. The Morgan fingerprint density at radius 1 is 1.41 bits per heavy atom. The lowest BCUT2D eigenvalue weighted by molar-refractivity contribution is 0.117. The maximum atomic E-state index is 9.13.